The number of esters is 1. The average molecular weight is 377 g/mol. The molecule has 0 spiro atoms. The fourth-order valence-corrected chi connectivity index (χ4v) is 2.10. The average Bonchev–Trinajstić information content (AvgIpc) is 2.43. The molecule has 0 bridgehead atoms. The molecule has 3 nitrogen and oxygen atoms in total. The van der Waals surface area contributed by atoms with Crippen LogP contribution < -0.4 is 0 Å². The number of ketones is 1. The van der Waals surface area contributed by atoms with Gasteiger partial charge in [-0.25, -0.2) is 0 Å². The van der Waals surface area contributed by atoms with Crippen LogP contribution in [0.15, 0.2) is 18.2 Å². The number of carbonyl (C=O) groups excluding carboxylic acids is 2. The largest absolute Gasteiger partial charge is 0.465 e. The van der Waals surface area contributed by atoms with Gasteiger partial charge in [-0.05, 0) is 31.0 Å². The molecule has 0 aliphatic carbocycles. The molecular formula is C14H11ClF6O3. The van der Waals surface area contributed by atoms with Crippen molar-refractivity contribution < 1.29 is 40.7 Å². The van der Waals surface area contributed by atoms with Crippen LogP contribution in [0.4, 0.5) is 26.3 Å². The van der Waals surface area contributed by atoms with Crippen molar-refractivity contribution in [3.8, 4) is 0 Å². The van der Waals surface area contributed by atoms with E-state index in [0.29, 0.717) is 6.07 Å². The van der Waals surface area contributed by atoms with Gasteiger partial charge >= 0.3 is 18.3 Å². The second-order valence-corrected chi connectivity index (χ2v) is 5.09. The van der Waals surface area contributed by atoms with E-state index in [-0.39, 0.29) is 12.2 Å². The van der Waals surface area contributed by atoms with Crippen molar-refractivity contribution in [2.24, 2.45) is 5.92 Å². The number of halogens is 7. The van der Waals surface area contributed by atoms with E-state index < -0.39 is 47.0 Å². The van der Waals surface area contributed by atoms with Gasteiger partial charge in [-0.1, -0.05) is 17.7 Å². The lowest BCUT2D eigenvalue weighted by molar-refractivity contribution is -0.180. The Bertz CT molecular complexity index is 624. The van der Waals surface area contributed by atoms with Gasteiger partial charge in [-0.2, -0.15) is 26.3 Å². The van der Waals surface area contributed by atoms with Crippen LogP contribution >= 0.6 is 11.6 Å². The lowest BCUT2D eigenvalue weighted by Crippen LogP contribution is -2.37. The van der Waals surface area contributed by atoms with Crippen LogP contribution in [0.25, 0.3) is 0 Å². The molecule has 0 saturated heterocycles. The Balaban J connectivity index is 3.20. The van der Waals surface area contributed by atoms with Crippen molar-refractivity contribution in [3.05, 3.63) is 34.3 Å². The van der Waals surface area contributed by atoms with Crippen molar-refractivity contribution in [1.82, 2.24) is 0 Å². The fraction of sp³-hybridized carbons (Fsp3) is 0.429. The molecule has 0 saturated carbocycles. The first-order valence-corrected chi connectivity index (χ1v) is 6.89. The van der Waals surface area contributed by atoms with E-state index in [4.69, 9.17) is 11.6 Å². The Morgan fingerprint density at radius 1 is 1.17 bits per heavy atom. The topological polar surface area (TPSA) is 43.4 Å². The predicted molar refractivity (Wildman–Crippen MR) is 71.3 cm³/mol. The van der Waals surface area contributed by atoms with Crippen LogP contribution in [0.5, 0.6) is 0 Å². The van der Waals surface area contributed by atoms with E-state index in [0.717, 1.165) is 12.1 Å². The molecule has 10 heteroatoms. The van der Waals surface area contributed by atoms with Crippen LogP contribution in [0.2, 0.25) is 5.02 Å². The predicted octanol–water partition coefficient (Wildman–Crippen LogP) is 4.21. The number of rotatable bonds is 5. The Morgan fingerprint density at radius 3 is 2.21 bits per heavy atom. The van der Waals surface area contributed by atoms with Gasteiger partial charge in [0.2, 0.25) is 0 Å². The molecule has 24 heavy (non-hydrogen) atoms. The molecule has 0 N–H and O–H groups in total. The van der Waals surface area contributed by atoms with Gasteiger partial charge in [0.1, 0.15) is 5.92 Å². The van der Waals surface area contributed by atoms with Crippen LogP contribution in [-0.4, -0.2) is 24.5 Å². The van der Waals surface area contributed by atoms with Gasteiger partial charge in [-0.15, -0.1) is 0 Å². The first-order valence-electron chi connectivity index (χ1n) is 6.51. The van der Waals surface area contributed by atoms with E-state index in [2.05, 4.69) is 4.74 Å². The summed E-state index contributed by atoms with van der Waals surface area (Å²) in [7, 11) is 0. The molecule has 134 valence electrons. The van der Waals surface area contributed by atoms with E-state index in [1.807, 2.05) is 0 Å². The molecule has 1 aromatic carbocycles. The summed E-state index contributed by atoms with van der Waals surface area (Å²) in [6, 6.07) is 2.34. The van der Waals surface area contributed by atoms with Gasteiger partial charge in [0.25, 0.3) is 5.78 Å². The van der Waals surface area contributed by atoms with E-state index in [1.165, 1.54) is 6.92 Å². The van der Waals surface area contributed by atoms with Crippen LogP contribution in [0.1, 0.15) is 18.1 Å². The highest BCUT2D eigenvalue weighted by Crippen LogP contribution is 2.36. The second-order valence-electron chi connectivity index (χ2n) is 4.68. The maximum Gasteiger partial charge on any atom is 0.450 e. The third-order valence-corrected chi connectivity index (χ3v) is 3.27. The van der Waals surface area contributed by atoms with Gasteiger partial charge in [-0.3, -0.25) is 9.59 Å². The van der Waals surface area contributed by atoms with Crippen molar-refractivity contribution in [3.63, 3.8) is 0 Å². The Labute approximate surface area is 137 Å². The van der Waals surface area contributed by atoms with Crippen molar-refractivity contribution in [1.29, 1.82) is 0 Å². The summed E-state index contributed by atoms with van der Waals surface area (Å²) in [6.07, 6.45) is -11.0. The van der Waals surface area contributed by atoms with Gasteiger partial charge < -0.3 is 4.74 Å². The summed E-state index contributed by atoms with van der Waals surface area (Å²) < 4.78 is 80.4. The minimum atomic E-state index is -5.32. The molecule has 1 rings (SSSR count). The number of Topliss-reactive ketones (excluding diaryl/α,β-unsaturated/α-hetero) is 1. The van der Waals surface area contributed by atoms with Crippen LogP contribution in [-0.2, 0) is 26.9 Å². The van der Waals surface area contributed by atoms with Crippen molar-refractivity contribution >= 4 is 23.4 Å². The number of carbonyl (C=O) groups is 2. The highest BCUT2D eigenvalue weighted by atomic mass is 35.5. The SMILES string of the molecule is CCOC(=O)C(Cc1ccc(Cl)c(C(F)(F)F)c1)C(=O)C(F)(F)F. The van der Waals surface area contributed by atoms with E-state index in [9.17, 15) is 35.9 Å². The van der Waals surface area contributed by atoms with Crippen molar-refractivity contribution in [2.75, 3.05) is 6.61 Å². The van der Waals surface area contributed by atoms with Crippen molar-refractivity contribution in [2.45, 2.75) is 25.7 Å². The second kappa shape index (κ2) is 7.42. The van der Waals surface area contributed by atoms with Crippen LogP contribution in [0, 0.1) is 5.92 Å². The molecule has 0 amide bonds. The van der Waals surface area contributed by atoms with Gasteiger partial charge in [0.15, 0.2) is 0 Å². The zero-order valence-corrected chi connectivity index (χ0v) is 12.9. The minimum absolute atomic E-state index is 0.283. The molecular weight excluding hydrogens is 366 g/mol. The third-order valence-electron chi connectivity index (χ3n) is 2.94. The Hall–Kier alpha value is -1.77. The molecule has 0 aromatic heterocycles. The van der Waals surface area contributed by atoms with E-state index in [1.54, 1.807) is 0 Å². The zero-order valence-electron chi connectivity index (χ0n) is 12.1. The maximum atomic E-state index is 12.8. The number of benzene rings is 1. The summed E-state index contributed by atoms with van der Waals surface area (Å²) in [6.45, 7) is 1.03. The summed E-state index contributed by atoms with van der Waals surface area (Å²) in [5, 5.41) is -0.652. The van der Waals surface area contributed by atoms with Gasteiger partial charge in [0, 0.05) is 0 Å². The number of ether oxygens (including phenoxy) is 1. The van der Waals surface area contributed by atoms with Crippen LogP contribution in [0.3, 0.4) is 0 Å². The lowest BCUT2D eigenvalue weighted by Gasteiger charge is -2.17. The summed E-state index contributed by atoms with van der Waals surface area (Å²) in [4.78, 5) is 23.0. The monoisotopic (exact) mass is 376 g/mol. The quantitative estimate of drug-likeness (QED) is 0.439. The Kier molecular flexibility index (Phi) is 6.26. The normalized spacial score (nSPS) is 13.5. The summed E-state index contributed by atoms with van der Waals surface area (Å²) >= 11 is 5.41. The Morgan fingerprint density at radius 2 is 1.75 bits per heavy atom. The highest BCUT2D eigenvalue weighted by molar-refractivity contribution is 6.31. The molecule has 0 aliphatic heterocycles. The molecule has 1 atom stereocenters. The number of alkyl halides is 6. The highest BCUT2D eigenvalue weighted by Gasteiger charge is 2.47. The standard InChI is InChI=1S/C14H11ClF6O3/c1-2-24-12(23)8(11(22)14(19,20)21)5-7-3-4-10(15)9(6-7)13(16,17)18/h3-4,6,8H,2,5H2,1H3. The molecule has 0 fully saturated rings. The smallest absolute Gasteiger partial charge is 0.450 e. The minimum Gasteiger partial charge on any atom is -0.465 e. The first kappa shape index (κ1) is 20.3. The number of hydrogen-bond acceptors (Lipinski definition) is 3. The molecule has 0 aliphatic rings. The molecule has 1 unspecified atom stereocenters. The zero-order chi connectivity index (χ0) is 18.7. The van der Waals surface area contributed by atoms with E-state index >= 15 is 0 Å². The fourth-order valence-electron chi connectivity index (χ4n) is 1.88. The molecule has 0 heterocycles. The molecule has 1 aromatic rings. The number of hydrogen-bond donors (Lipinski definition) is 0. The molecule has 0 radical (unpaired) electrons. The summed E-state index contributed by atoms with van der Waals surface area (Å²) in [5.41, 5.74) is -1.58. The summed E-state index contributed by atoms with van der Waals surface area (Å²) in [5.74, 6) is -6.12. The lowest BCUT2D eigenvalue weighted by atomic mass is 9.94. The first-order chi connectivity index (χ1) is 10.9. The van der Waals surface area contributed by atoms with Gasteiger partial charge in [0.05, 0.1) is 17.2 Å². The third kappa shape index (κ3) is 5.12. The maximum absolute atomic E-state index is 12.8.